The summed E-state index contributed by atoms with van der Waals surface area (Å²) in [7, 11) is 0. The molecule has 0 radical (unpaired) electrons. The summed E-state index contributed by atoms with van der Waals surface area (Å²) in [4.78, 5) is 17.3. The van der Waals surface area contributed by atoms with Crippen molar-refractivity contribution in [3.63, 3.8) is 0 Å². The van der Waals surface area contributed by atoms with E-state index >= 15 is 0 Å². The van der Waals surface area contributed by atoms with Gasteiger partial charge in [-0.2, -0.15) is 5.26 Å². The minimum Gasteiger partial charge on any atom is -0.461 e. The molecule has 5 heteroatoms. The van der Waals surface area contributed by atoms with E-state index < -0.39 is 5.92 Å². The molecule has 4 rings (SSSR count). The highest BCUT2D eigenvalue weighted by Crippen LogP contribution is 2.26. The highest BCUT2D eigenvalue weighted by molar-refractivity contribution is 6.00. The Morgan fingerprint density at radius 1 is 1.08 bits per heavy atom. The van der Waals surface area contributed by atoms with Crippen molar-refractivity contribution in [2.45, 2.75) is 12.5 Å². The quantitative estimate of drug-likeness (QED) is 0.511. The predicted octanol–water partition coefficient (Wildman–Crippen LogP) is 4.17. The van der Waals surface area contributed by atoms with Crippen molar-refractivity contribution in [1.82, 2.24) is 9.55 Å². The SMILES string of the molecule is N#CC(C(=O)c1ccco1)c1nc2ccccc2n1Cc1ccccc1. The van der Waals surface area contributed by atoms with Gasteiger partial charge in [0, 0.05) is 6.54 Å². The van der Waals surface area contributed by atoms with Crippen molar-refractivity contribution in [1.29, 1.82) is 5.26 Å². The molecule has 0 aliphatic heterocycles. The van der Waals surface area contributed by atoms with Crippen LogP contribution in [0, 0.1) is 11.3 Å². The van der Waals surface area contributed by atoms with Crippen LogP contribution in [0.15, 0.2) is 77.4 Å². The molecule has 0 saturated carbocycles. The second-order valence-corrected chi connectivity index (χ2v) is 5.93. The number of para-hydroxylation sites is 2. The third-order valence-corrected chi connectivity index (χ3v) is 4.28. The van der Waals surface area contributed by atoms with Crippen LogP contribution >= 0.6 is 0 Å². The molecule has 4 aromatic rings. The van der Waals surface area contributed by atoms with Gasteiger partial charge in [0.2, 0.25) is 5.78 Å². The number of aromatic nitrogens is 2. The van der Waals surface area contributed by atoms with Crippen LogP contribution in [0.5, 0.6) is 0 Å². The van der Waals surface area contributed by atoms with Gasteiger partial charge in [0.25, 0.3) is 0 Å². The van der Waals surface area contributed by atoms with Crippen molar-refractivity contribution in [3.05, 3.63) is 90.1 Å². The summed E-state index contributed by atoms with van der Waals surface area (Å²) in [6.45, 7) is 0.528. The van der Waals surface area contributed by atoms with Gasteiger partial charge in [0.05, 0.1) is 23.4 Å². The Hall–Kier alpha value is -3.65. The number of hydrogen-bond donors (Lipinski definition) is 0. The summed E-state index contributed by atoms with van der Waals surface area (Å²) in [5, 5.41) is 9.70. The van der Waals surface area contributed by atoms with Crippen LogP contribution in [-0.2, 0) is 6.54 Å². The number of benzene rings is 2. The van der Waals surface area contributed by atoms with Gasteiger partial charge >= 0.3 is 0 Å². The predicted molar refractivity (Wildman–Crippen MR) is 96.7 cm³/mol. The molecule has 26 heavy (non-hydrogen) atoms. The van der Waals surface area contributed by atoms with Gasteiger partial charge in [-0.25, -0.2) is 4.98 Å². The number of imidazole rings is 1. The molecule has 0 N–H and O–H groups in total. The maximum absolute atomic E-state index is 12.7. The van der Waals surface area contributed by atoms with Crippen LogP contribution in [0.3, 0.4) is 0 Å². The van der Waals surface area contributed by atoms with Crippen molar-refractivity contribution in [3.8, 4) is 6.07 Å². The first-order valence-corrected chi connectivity index (χ1v) is 8.24. The van der Waals surface area contributed by atoms with Crippen molar-refractivity contribution >= 4 is 16.8 Å². The highest BCUT2D eigenvalue weighted by atomic mass is 16.3. The fraction of sp³-hybridized carbons (Fsp3) is 0.0952. The molecule has 0 aliphatic carbocycles. The molecule has 2 aromatic carbocycles. The lowest BCUT2D eigenvalue weighted by molar-refractivity contribution is 0.0948. The van der Waals surface area contributed by atoms with Crippen molar-refractivity contribution < 1.29 is 9.21 Å². The first-order chi connectivity index (χ1) is 12.8. The molecule has 0 aliphatic rings. The zero-order chi connectivity index (χ0) is 17.9. The highest BCUT2D eigenvalue weighted by Gasteiger charge is 2.29. The number of carbonyl (C=O) groups excluding carboxylic acids is 1. The van der Waals surface area contributed by atoms with Gasteiger partial charge in [-0.15, -0.1) is 0 Å². The molecule has 5 nitrogen and oxygen atoms in total. The Balaban J connectivity index is 1.84. The van der Waals surface area contributed by atoms with E-state index in [4.69, 9.17) is 4.42 Å². The Bertz CT molecular complexity index is 1090. The number of rotatable bonds is 5. The summed E-state index contributed by atoms with van der Waals surface area (Å²) in [5.74, 6) is -0.826. The topological polar surface area (TPSA) is 71.8 Å². The van der Waals surface area contributed by atoms with E-state index in [9.17, 15) is 10.1 Å². The van der Waals surface area contributed by atoms with Gasteiger partial charge < -0.3 is 8.98 Å². The number of hydrogen-bond acceptors (Lipinski definition) is 4. The van der Waals surface area contributed by atoms with E-state index in [1.54, 1.807) is 12.1 Å². The number of nitriles is 1. The largest absolute Gasteiger partial charge is 0.461 e. The Kier molecular flexibility index (Phi) is 4.08. The normalized spacial score (nSPS) is 12.0. The van der Waals surface area contributed by atoms with E-state index in [2.05, 4.69) is 11.1 Å². The van der Waals surface area contributed by atoms with Crippen LogP contribution in [-0.4, -0.2) is 15.3 Å². The lowest BCUT2D eigenvalue weighted by Gasteiger charge is -2.12. The average Bonchev–Trinajstić information content (AvgIpc) is 3.32. The molecule has 1 unspecified atom stereocenters. The molecular formula is C21H15N3O2. The summed E-state index contributed by atoms with van der Waals surface area (Å²) in [6, 6.07) is 22.8. The van der Waals surface area contributed by atoms with Crippen molar-refractivity contribution in [2.75, 3.05) is 0 Å². The van der Waals surface area contributed by atoms with E-state index in [1.807, 2.05) is 59.2 Å². The van der Waals surface area contributed by atoms with Crippen LogP contribution < -0.4 is 0 Å². The maximum Gasteiger partial charge on any atom is 0.222 e. The zero-order valence-electron chi connectivity index (χ0n) is 13.9. The number of Topliss-reactive ketones (excluding diaryl/α,β-unsaturated/α-hetero) is 1. The number of nitrogens with zero attached hydrogens (tertiary/aromatic N) is 3. The zero-order valence-corrected chi connectivity index (χ0v) is 13.9. The van der Waals surface area contributed by atoms with E-state index in [-0.39, 0.29) is 11.5 Å². The van der Waals surface area contributed by atoms with Crippen molar-refractivity contribution in [2.24, 2.45) is 0 Å². The van der Waals surface area contributed by atoms with Gasteiger partial charge in [-0.05, 0) is 29.8 Å². The first kappa shape index (κ1) is 15.9. The van der Waals surface area contributed by atoms with E-state index in [1.165, 1.54) is 6.26 Å². The van der Waals surface area contributed by atoms with Crippen LogP contribution in [0.4, 0.5) is 0 Å². The lowest BCUT2D eigenvalue weighted by atomic mass is 10.0. The summed E-state index contributed by atoms with van der Waals surface area (Å²) < 4.78 is 7.12. The molecule has 0 fully saturated rings. The molecule has 2 heterocycles. The minimum absolute atomic E-state index is 0.162. The molecule has 0 saturated heterocycles. The molecule has 0 spiro atoms. The van der Waals surface area contributed by atoms with Crippen LogP contribution in [0.2, 0.25) is 0 Å². The summed E-state index contributed by atoms with van der Waals surface area (Å²) in [5.41, 5.74) is 2.71. The number of ketones is 1. The van der Waals surface area contributed by atoms with E-state index in [0.717, 1.165) is 16.6 Å². The van der Waals surface area contributed by atoms with Gasteiger partial charge in [0.1, 0.15) is 5.82 Å². The maximum atomic E-state index is 12.7. The molecule has 0 amide bonds. The molecule has 2 aromatic heterocycles. The third-order valence-electron chi connectivity index (χ3n) is 4.28. The fourth-order valence-electron chi connectivity index (χ4n) is 3.04. The molecule has 1 atom stereocenters. The van der Waals surface area contributed by atoms with Gasteiger partial charge in [-0.1, -0.05) is 42.5 Å². The molecule has 0 bridgehead atoms. The van der Waals surface area contributed by atoms with E-state index in [0.29, 0.717) is 12.4 Å². The molecule has 126 valence electrons. The first-order valence-electron chi connectivity index (χ1n) is 8.24. The average molecular weight is 341 g/mol. The molecular weight excluding hydrogens is 326 g/mol. The van der Waals surface area contributed by atoms with Crippen LogP contribution in [0.1, 0.15) is 27.9 Å². The van der Waals surface area contributed by atoms with Gasteiger partial charge in [-0.3, -0.25) is 4.79 Å². The van der Waals surface area contributed by atoms with Crippen LogP contribution in [0.25, 0.3) is 11.0 Å². The monoisotopic (exact) mass is 341 g/mol. The Labute approximate surface area is 150 Å². The smallest absolute Gasteiger partial charge is 0.222 e. The second-order valence-electron chi connectivity index (χ2n) is 5.93. The second kappa shape index (κ2) is 6.69. The Morgan fingerprint density at radius 3 is 2.58 bits per heavy atom. The Morgan fingerprint density at radius 2 is 1.85 bits per heavy atom. The number of carbonyl (C=O) groups is 1. The fourth-order valence-corrected chi connectivity index (χ4v) is 3.04. The number of fused-ring (bicyclic) bond motifs is 1. The van der Waals surface area contributed by atoms with Gasteiger partial charge in [0.15, 0.2) is 11.7 Å². The summed E-state index contributed by atoms with van der Waals surface area (Å²) >= 11 is 0. The minimum atomic E-state index is -1.03. The summed E-state index contributed by atoms with van der Waals surface area (Å²) in [6.07, 6.45) is 1.43. The number of furan rings is 1. The standard InChI is InChI=1S/C21H15N3O2/c22-13-16(20(25)19-11-6-12-26-19)21-23-17-9-4-5-10-18(17)24(21)14-15-7-2-1-3-8-15/h1-12,16H,14H2. The third kappa shape index (κ3) is 2.78. The lowest BCUT2D eigenvalue weighted by Crippen LogP contribution is -2.17.